The van der Waals surface area contributed by atoms with Gasteiger partial charge in [-0.2, -0.15) is 0 Å². The molecule has 0 amide bonds. The molecule has 0 aliphatic carbocycles. The first-order chi connectivity index (χ1) is 5.86. The molecule has 0 saturated heterocycles. The molecule has 4 heteroatoms. The fourth-order valence-electron chi connectivity index (χ4n) is 0.831. The third-order valence-electron chi connectivity index (χ3n) is 1.52. The molecule has 0 aliphatic heterocycles. The molecule has 1 aromatic heterocycles. The third-order valence-corrected chi connectivity index (χ3v) is 1.52. The van der Waals surface area contributed by atoms with Gasteiger partial charge in [0.15, 0.2) is 0 Å². The predicted octanol–water partition coefficient (Wildman–Crippen LogP) is 0.247. The molecular formula is C8H13N3O. The highest BCUT2D eigenvalue weighted by molar-refractivity contribution is 5.07. The second-order valence-electron chi connectivity index (χ2n) is 2.40. The van der Waals surface area contributed by atoms with E-state index in [-0.39, 0.29) is 0 Å². The summed E-state index contributed by atoms with van der Waals surface area (Å²) in [4.78, 5) is 8.20. The molecule has 66 valence electrons. The Morgan fingerprint density at radius 2 is 2.25 bits per heavy atom. The van der Waals surface area contributed by atoms with Gasteiger partial charge in [0.1, 0.15) is 0 Å². The number of hydrogen-bond acceptors (Lipinski definition) is 4. The van der Waals surface area contributed by atoms with Gasteiger partial charge in [-0.25, -0.2) is 4.98 Å². The third kappa shape index (κ3) is 2.47. The second-order valence-corrected chi connectivity index (χ2v) is 2.40. The summed E-state index contributed by atoms with van der Waals surface area (Å²) in [5, 5.41) is 3.05. The predicted molar refractivity (Wildman–Crippen MR) is 46.2 cm³/mol. The normalized spacial score (nSPS) is 9.83. The van der Waals surface area contributed by atoms with Crippen molar-refractivity contribution in [3.05, 3.63) is 18.1 Å². The molecule has 0 spiro atoms. The minimum Gasteiger partial charge on any atom is -0.480 e. The first kappa shape index (κ1) is 8.93. The van der Waals surface area contributed by atoms with Gasteiger partial charge < -0.3 is 10.1 Å². The van der Waals surface area contributed by atoms with E-state index in [2.05, 4.69) is 15.3 Å². The molecule has 0 bridgehead atoms. The molecule has 1 heterocycles. The summed E-state index contributed by atoms with van der Waals surface area (Å²) >= 11 is 0. The first-order valence-electron chi connectivity index (χ1n) is 3.86. The summed E-state index contributed by atoms with van der Waals surface area (Å²) in [6.45, 7) is 0.918. The van der Waals surface area contributed by atoms with E-state index < -0.39 is 0 Å². The molecule has 0 aromatic carbocycles. The van der Waals surface area contributed by atoms with Crippen LogP contribution >= 0.6 is 0 Å². The molecule has 12 heavy (non-hydrogen) atoms. The maximum atomic E-state index is 4.88. The van der Waals surface area contributed by atoms with Gasteiger partial charge in [0.25, 0.3) is 0 Å². The SMILES string of the molecule is CNCCc1cnc(OC)cn1. The maximum absolute atomic E-state index is 4.88. The Balaban J connectivity index is 2.53. The summed E-state index contributed by atoms with van der Waals surface area (Å²) in [5.74, 6) is 0.559. The molecule has 0 saturated carbocycles. The van der Waals surface area contributed by atoms with Gasteiger partial charge in [0.05, 0.1) is 25.2 Å². The van der Waals surface area contributed by atoms with Crippen LogP contribution in [-0.2, 0) is 6.42 Å². The van der Waals surface area contributed by atoms with E-state index >= 15 is 0 Å². The zero-order valence-corrected chi connectivity index (χ0v) is 7.37. The largest absolute Gasteiger partial charge is 0.480 e. The Kier molecular flexibility index (Phi) is 3.47. The minimum absolute atomic E-state index is 0.559. The van der Waals surface area contributed by atoms with Crippen LogP contribution in [0.4, 0.5) is 0 Å². The first-order valence-corrected chi connectivity index (χ1v) is 3.86. The smallest absolute Gasteiger partial charge is 0.231 e. The van der Waals surface area contributed by atoms with Crippen LogP contribution in [0.25, 0.3) is 0 Å². The summed E-state index contributed by atoms with van der Waals surface area (Å²) in [7, 11) is 3.49. The van der Waals surface area contributed by atoms with Crippen molar-refractivity contribution in [3.63, 3.8) is 0 Å². The summed E-state index contributed by atoms with van der Waals surface area (Å²) in [6, 6.07) is 0. The van der Waals surface area contributed by atoms with E-state index in [9.17, 15) is 0 Å². The van der Waals surface area contributed by atoms with Crippen molar-refractivity contribution >= 4 is 0 Å². The lowest BCUT2D eigenvalue weighted by Gasteiger charge is -2.00. The standard InChI is InChI=1S/C8H13N3O/c1-9-4-3-7-5-11-8(12-2)6-10-7/h5-6,9H,3-4H2,1-2H3. The van der Waals surface area contributed by atoms with Crippen LogP contribution < -0.4 is 10.1 Å². The van der Waals surface area contributed by atoms with Crippen LogP contribution in [0.1, 0.15) is 5.69 Å². The highest BCUT2D eigenvalue weighted by atomic mass is 16.5. The molecule has 1 rings (SSSR count). The van der Waals surface area contributed by atoms with Crippen molar-refractivity contribution in [3.8, 4) is 5.88 Å². The van der Waals surface area contributed by atoms with E-state index in [1.165, 1.54) is 0 Å². The Hall–Kier alpha value is -1.16. The number of hydrogen-bond donors (Lipinski definition) is 1. The summed E-state index contributed by atoms with van der Waals surface area (Å²) in [5.41, 5.74) is 0.977. The van der Waals surface area contributed by atoms with Crippen molar-refractivity contribution in [1.29, 1.82) is 0 Å². The highest BCUT2D eigenvalue weighted by Gasteiger charge is 1.95. The molecule has 0 unspecified atom stereocenters. The molecule has 0 aliphatic rings. The maximum Gasteiger partial charge on any atom is 0.231 e. The quantitative estimate of drug-likeness (QED) is 0.698. The Bertz CT molecular complexity index is 222. The van der Waals surface area contributed by atoms with Gasteiger partial charge in [-0.3, -0.25) is 4.98 Å². The number of nitrogens with zero attached hydrogens (tertiary/aromatic N) is 2. The Morgan fingerprint density at radius 3 is 2.75 bits per heavy atom. The van der Waals surface area contributed by atoms with Crippen LogP contribution in [-0.4, -0.2) is 30.7 Å². The van der Waals surface area contributed by atoms with E-state index in [0.29, 0.717) is 5.88 Å². The van der Waals surface area contributed by atoms with Crippen molar-refractivity contribution in [2.75, 3.05) is 20.7 Å². The van der Waals surface area contributed by atoms with E-state index in [4.69, 9.17) is 4.74 Å². The average Bonchev–Trinajstić information content (AvgIpc) is 2.15. The zero-order valence-electron chi connectivity index (χ0n) is 7.37. The topological polar surface area (TPSA) is 47.0 Å². The fourth-order valence-corrected chi connectivity index (χ4v) is 0.831. The zero-order chi connectivity index (χ0) is 8.81. The average molecular weight is 167 g/mol. The van der Waals surface area contributed by atoms with Gasteiger partial charge in [-0.05, 0) is 7.05 Å². The Labute approximate surface area is 72.0 Å². The van der Waals surface area contributed by atoms with Crippen LogP contribution in [0.3, 0.4) is 0 Å². The molecule has 1 aromatic rings. The van der Waals surface area contributed by atoms with Crippen molar-refractivity contribution in [2.24, 2.45) is 0 Å². The fraction of sp³-hybridized carbons (Fsp3) is 0.500. The number of likely N-dealkylation sites (N-methyl/N-ethyl adjacent to an activating group) is 1. The van der Waals surface area contributed by atoms with Crippen molar-refractivity contribution in [1.82, 2.24) is 15.3 Å². The van der Waals surface area contributed by atoms with E-state index in [1.807, 2.05) is 7.05 Å². The van der Waals surface area contributed by atoms with Gasteiger partial charge in [0.2, 0.25) is 5.88 Å². The number of nitrogens with one attached hydrogen (secondary N) is 1. The summed E-state index contributed by atoms with van der Waals surface area (Å²) < 4.78 is 4.88. The van der Waals surface area contributed by atoms with Gasteiger partial charge in [-0.15, -0.1) is 0 Å². The molecule has 0 atom stereocenters. The molecular weight excluding hydrogens is 154 g/mol. The number of ether oxygens (including phenoxy) is 1. The van der Waals surface area contributed by atoms with Gasteiger partial charge >= 0.3 is 0 Å². The van der Waals surface area contributed by atoms with E-state index in [0.717, 1.165) is 18.7 Å². The number of rotatable bonds is 4. The number of methoxy groups -OCH3 is 1. The molecule has 0 radical (unpaired) electrons. The minimum atomic E-state index is 0.559. The van der Waals surface area contributed by atoms with Gasteiger partial charge in [0, 0.05) is 13.0 Å². The highest BCUT2D eigenvalue weighted by Crippen LogP contribution is 2.02. The monoisotopic (exact) mass is 167 g/mol. The van der Waals surface area contributed by atoms with Crippen LogP contribution in [0.15, 0.2) is 12.4 Å². The lowest BCUT2D eigenvalue weighted by molar-refractivity contribution is 0.395. The number of aromatic nitrogens is 2. The van der Waals surface area contributed by atoms with E-state index in [1.54, 1.807) is 19.5 Å². The van der Waals surface area contributed by atoms with Gasteiger partial charge in [-0.1, -0.05) is 0 Å². The molecule has 1 N–H and O–H groups in total. The van der Waals surface area contributed by atoms with Crippen LogP contribution in [0.5, 0.6) is 5.88 Å². The molecule has 4 nitrogen and oxygen atoms in total. The lowest BCUT2D eigenvalue weighted by atomic mass is 10.3. The van der Waals surface area contributed by atoms with Crippen LogP contribution in [0.2, 0.25) is 0 Å². The van der Waals surface area contributed by atoms with Crippen LogP contribution in [0, 0.1) is 0 Å². The second kappa shape index (κ2) is 4.66. The van der Waals surface area contributed by atoms with Crippen molar-refractivity contribution in [2.45, 2.75) is 6.42 Å². The van der Waals surface area contributed by atoms with Crippen molar-refractivity contribution < 1.29 is 4.74 Å². The molecule has 0 fully saturated rings. The summed E-state index contributed by atoms with van der Waals surface area (Å²) in [6.07, 6.45) is 4.26. The Morgan fingerprint density at radius 1 is 1.42 bits per heavy atom. The lowest BCUT2D eigenvalue weighted by Crippen LogP contribution is -2.11.